The second-order valence-corrected chi connectivity index (χ2v) is 3.38. The molecule has 6 nitrogen and oxygen atoms in total. The van der Waals surface area contributed by atoms with Crippen molar-refractivity contribution >= 4 is 17.5 Å². The molecule has 0 fully saturated rings. The minimum absolute atomic E-state index is 0.123. The first-order chi connectivity index (χ1) is 8.01. The number of carbonyl (C=O) groups excluding carboxylic acids is 2. The third-order valence-corrected chi connectivity index (χ3v) is 2.26. The number of hydrogen-bond donors (Lipinski definition) is 4. The van der Waals surface area contributed by atoms with Gasteiger partial charge in [-0.2, -0.15) is 0 Å². The summed E-state index contributed by atoms with van der Waals surface area (Å²) >= 11 is 0. The number of nitrogens with one attached hydrogen (secondary N) is 1. The fourth-order valence-electron chi connectivity index (χ4n) is 1.54. The van der Waals surface area contributed by atoms with Gasteiger partial charge >= 0.3 is 0 Å². The highest BCUT2D eigenvalue weighted by atomic mass is 16.5. The van der Waals surface area contributed by atoms with Gasteiger partial charge in [0.25, 0.3) is 0 Å². The van der Waals surface area contributed by atoms with Crippen LogP contribution >= 0.6 is 0 Å². The number of anilines is 1. The molecule has 2 amide bonds. The molecule has 0 aromatic heterocycles. The van der Waals surface area contributed by atoms with Crippen molar-refractivity contribution in [3.63, 3.8) is 0 Å². The number of primary amides is 2. The van der Waals surface area contributed by atoms with Crippen LogP contribution in [0.25, 0.3) is 0 Å². The van der Waals surface area contributed by atoms with Gasteiger partial charge in [-0.1, -0.05) is 6.08 Å². The van der Waals surface area contributed by atoms with Crippen molar-refractivity contribution in [2.75, 3.05) is 5.48 Å². The van der Waals surface area contributed by atoms with E-state index in [9.17, 15) is 9.59 Å². The molecule has 0 heterocycles. The molecule has 6 heteroatoms. The van der Waals surface area contributed by atoms with Gasteiger partial charge in [0.05, 0.1) is 5.69 Å². The maximum Gasteiger partial charge on any atom is 0.249 e. The lowest BCUT2D eigenvalue weighted by Crippen LogP contribution is -2.20. The van der Waals surface area contributed by atoms with E-state index in [4.69, 9.17) is 16.7 Å². The first-order valence-corrected chi connectivity index (χ1v) is 4.78. The van der Waals surface area contributed by atoms with Crippen molar-refractivity contribution in [1.82, 2.24) is 0 Å². The summed E-state index contributed by atoms with van der Waals surface area (Å²) in [7, 11) is 0. The van der Waals surface area contributed by atoms with Crippen LogP contribution in [-0.2, 0) is 6.42 Å². The number of benzene rings is 1. The highest BCUT2D eigenvalue weighted by Crippen LogP contribution is 2.21. The second-order valence-electron chi connectivity index (χ2n) is 3.38. The number of amides is 2. The van der Waals surface area contributed by atoms with Crippen molar-refractivity contribution in [2.45, 2.75) is 6.42 Å². The van der Waals surface area contributed by atoms with Gasteiger partial charge in [-0.25, -0.2) is 0 Å². The number of nitrogens with two attached hydrogens (primary N) is 2. The summed E-state index contributed by atoms with van der Waals surface area (Å²) in [6.07, 6.45) is 1.81. The molecule has 0 radical (unpaired) electrons. The Morgan fingerprint density at radius 1 is 1.29 bits per heavy atom. The van der Waals surface area contributed by atoms with E-state index >= 15 is 0 Å². The zero-order chi connectivity index (χ0) is 13.0. The van der Waals surface area contributed by atoms with E-state index in [1.807, 2.05) is 5.48 Å². The van der Waals surface area contributed by atoms with Gasteiger partial charge in [0.15, 0.2) is 0 Å². The average molecular weight is 235 g/mol. The van der Waals surface area contributed by atoms with E-state index in [0.29, 0.717) is 5.56 Å². The van der Waals surface area contributed by atoms with Crippen molar-refractivity contribution in [3.05, 3.63) is 41.5 Å². The summed E-state index contributed by atoms with van der Waals surface area (Å²) in [6.45, 7) is 3.53. The van der Waals surface area contributed by atoms with Gasteiger partial charge in [-0.05, 0) is 24.1 Å². The van der Waals surface area contributed by atoms with Crippen LogP contribution in [0.3, 0.4) is 0 Å². The minimum atomic E-state index is -0.707. The Morgan fingerprint density at radius 3 is 2.06 bits per heavy atom. The van der Waals surface area contributed by atoms with Crippen molar-refractivity contribution in [1.29, 1.82) is 0 Å². The summed E-state index contributed by atoms with van der Waals surface area (Å²) in [5, 5.41) is 8.80. The van der Waals surface area contributed by atoms with Crippen LogP contribution in [0.15, 0.2) is 24.8 Å². The Hall–Kier alpha value is -2.34. The molecule has 90 valence electrons. The molecular weight excluding hydrogens is 222 g/mol. The Morgan fingerprint density at radius 2 is 1.76 bits per heavy atom. The van der Waals surface area contributed by atoms with Crippen molar-refractivity contribution < 1.29 is 14.8 Å². The molecule has 0 aliphatic carbocycles. The van der Waals surface area contributed by atoms with E-state index in [1.54, 1.807) is 0 Å². The molecule has 6 N–H and O–H groups in total. The minimum Gasteiger partial charge on any atom is -0.366 e. The summed E-state index contributed by atoms with van der Waals surface area (Å²) in [5.74, 6) is -1.41. The van der Waals surface area contributed by atoms with Crippen molar-refractivity contribution in [3.8, 4) is 0 Å². The normalized spacial score (nSPS) is 9.71. The summed E-state index contributed by atoms with van der Waals surface area (Å²) in [4.78, 5) is 22.5. The molecule has 0 saturated carbocycles. The first-order valence-electron chi connectivity index (χ1n) is 4.78. The maximum atomic E-state index is 11.3. The van der Waals surface area contributed by atoms with Gasteiger partial charge < -0.3 is 11.5 Å². The molecule has 0 unspecified atom stereocenters. The van der Waals surface area contributed by atoms with E-state index in [0.717, 1.165) is 0 Å². The SMILES string of the molecule is C=CCc1c(C(N)=O)cc(NO)cc1C(N)=O. The lowest BCUT2D eigenvalue weighted by molar-refractivity contribution is 0.0999. The third-order valence-electron chi connectivity index (χ3n) is 2.26. The standard InChI is InChI=1S/C11H13N3O3/c1-2-3-7-8(10(12)15)4-6(14-17)5-9(7)11(13)16/h2,4-5,14,17H,1,3H2,(H2,12,15)(H2,13,16). The predicted molar refractivity (Wildman–Crippen MR) is 62.8 cm³/mol. The molecule has 1 aromatic rings. The van der Waals surface area contributed by atoms with E-state index in [-0.39, 0.29) is 23.2 Å². The summed E-state index contributed by atoms with van der Waals surface area (Å²) in [6, 6.07) is 2.68. The average Bonchev–Trinajstić information content (AvgIpc) is 2.28. The molecule has 0 aliphatic heterocycles. The van der Waals surface area contributed by atoms with Crippen LogP contribution in [0.2, 0.25) is 0 Å². The number of allylic oxidation sites excluding steroid dienone is 1. The molecule has 0 saturated heterocycles. The van der Waals surface area contributed by atoms with Gasteiger partial charge in [-0.15, -0.1) is 6.58 Å². The first kappa shape index (κ1) is 12.7. The van der Waals surface area contributed by atoms with E-state index < -0.39 is 11.8 Å². The Kier molecular flexibility index (Phi) is 3.84. The van der Waals surface area contributed by atoms with Crippen LogP contribution in [0.1, 0.15) is 26.3 Å². The highest BCUT2D eigenvalue weighted by Gasteiger charge is 2.16. The molecule has 0 atom stereocenters. The molecule has 1 rings (SSSR count). The quantitative estimate of drug-likeness (QED) is 0.436. The predicted octanol–water partition coefficient (Wildman–Crippen LogP) is 0.414. The zero-order valence-corrected chi connectivity index (χ0v) is 9.06. The number of carbonyl (C=O) groups is 2. The van der Waals surface area contributed by atoms with Crippen LogP contribution < -0.4 is 16.9 Å². The van der Waals surface area contributed by atoms with Gasteiger partial charge in [0.2, 0.25) is 11.8 Å². The Bertz CT molecular complexity index is 448. The smallest absolute Gasteiger partial charge is 0.249 e. The molecule has 0 spiro atoms. The van der Waals surface area contributed by atoms with E-state index in [1.165, 1.54) is 18.2 Å². The van der Waals surface area contributed by atoms with Gasteiger partial charge in [0, 0.05) is 11.1 Å². The van der Waals surface area contributed by atoms with E-state index in [2.05, 4.69) is 6.58 Å². The Labute approximate surface area is 97.9 Å². The fourth-order valence-corrected chi connectivity index (χ4v) is 1.54. The summed E-state index contributed by atoms with van der Waals surface area (Å²) in [5.41, 5.74) is 13.1. The van der Waals surface area contributed by atoms with Crippen LogP contribution in [0.5, 0.6) is 0 Å². The molecule has 0 aliphatic rings. The number of rotatable bonds is 5. The lowest BCUT2D eigenvalue weighted by atomic mass is 9.96. The summed E-state index contributed by atoms with van der Waals surface area (Å²) < 4.78 is 0. The van der Waals surface area contributed by atoms with Gasteiger partial charge in [-0.3, -0.25) is 20.3 Å². The highest BCUT2D eigenvalue weighted by molar-refractivity contribution is 6.02. The topological polar surface area (TPSA) is 118 Å². The lowest BCUT2D eigenvalue weighted by Gasteiger charge is -2.11. The molecule has 0 bridgehead atoms. The Balaban J connectivity index is 3.54. The van der Waals surface area contributed by atoms with Crippen molar-refractivity contribution in [2.24, 2.45) is 11.5 Å². The largest absolute Gasteiger partial charge is 0.366 e. The zero-order valence-electron chi connectivity index (χ0n) is 9.06. The molecule has 1 aromatic carbocycles. The monoisotopic (exact) mass is 235 g/mol. The van der Waals surface area contributed by atoms with Crippen LogP contribution in [0.4, 0.5) is 5.69 Å². The second kappa shape index (κ2) is 5.13. The number of hydrogen-bond acceptors (Lipinski definition) is 4. The van der Waals surface area contributed by atoms with Crippen LogP contribution in [0, 0.1) is 0 Å². The van der Waals surface area contributed by atoms with Crippen LogP contribution in [-0.4, -0.2) is 17.0 Å². The third kappa shape index (κ3) is 2.61. The van der Waals surface area contributed by atoms with Gasteiger partial charge in [0.1, 0.15) is 0 Å². The molecular formula is C11H13N3O3. The fraction of sp³-hybridized carbons (Fsp3) is 0.0909. The molecule has 17 heavy (non-hydrogen) atoms. The maximum absolute atomic E-state index is 11.3.